The van der Waals surface area contributed by atoms with Crippen LogP contribution in [0.25, 0.3) is 0 Å². The normalized spacial score (nSPS) is 12.3. The van der Waals surface area contributed by atoms with Gasteiger partial charge < -0.3 is 10.5 Å². The Morgan fingerprint density at radius 2 is 2.14 bits per heavy atom. The van der Waals surface area contributed by atoms with E-state index in [9.17, 15) is 13.6 Å². The highest BCUT2D eigenvalue weighted by Crippen LogP contribution is 2.16. The molecule has 0 spiro atoms. The van der Waals surface area contributed by atoms with Crippen molar-refractivity contribution in [2.75, 3.05) is 7.11 Å². The lowest BCUT2D eigenvalue weighted by molar-refractivity contribution is -0.142. The molecule has 0 saturated heterocycles. The number of nitrogens with two attached hydrogens (primary N) is 1. The summed E-state index contributed by atoms with van der Waals surface area (Å²) in [6.07, 6.45) is 0. The number of hydrogen-bond acceptors (Lipinski definition) is 3. The topological polar surface area (TPSA) is 52.3 Å². The van der Waals surface area contributed by atoms with E-state index in [1.54, 1.807) is 0 Å². The molecule has 0 unspecified atom stereocenters. The molecule has 0 aromatic heterocycles. The Labute approximate surface area is 79.5 Å². The SMILES string of the molecule is COC(=O)[C@H](N)c1ccc(F)cc1F. The maximum absolute atomic E-state index is 13.1. The maximum atomic E-state index is 13.1. The van der Waals surface area contributed by atoms with Crippen molar-refractivity contribution in [3.05, 3.63) is 35.4 Å². The molecular formula is C9H9F2NO2. The molecule has 1 aromatic rings. The van der Waals surface area contributed by atoms with Crippen molar-refractivity contribution in [2.24, 2.45) is 5.73 Å². The number of methoxy groups -OCH3 is 1. The lowest BCUT2D eigenvalue weighted by atomic mass is 10.1. The Bertz CT molecular complexity index is 355. The number of esters is 1. The van der Waals surface area contributed by atoms with E-state index in [0.717, 1.165) is 19.2 Å². The lowest BCUT2D eigenvalue weighted by Crippen LogP contribution is -2.23. The molecule has 5 heteroatoms. The first-order chi connectivity index (χ1) is 6.56. The molecule has 0 fully saturated rings. The zero-order valence-electron chi connectivity index (χ0n) is 7.46. The summed E-state index contributed by atoms with van der Waals surface area (Å²) >= 11 is 0. The van der Waals surface area contributed by atoms with Crippen LogP contribution < -0.4 is 5.73 Å². The smallest absolute Gasteiger partial charge is 0.327 e. The molecule has 0 amide bonds. The molecule has 1 atom stereocenters. The summed E-state index contributed by atoms with van der Waals surface area (Å²) in [7, 11) is 1.14. The highest BCUT2D eigenvalue weighted by Gasteiger charge is 2.19. The third kappa shape index (κ3) is 2.05. The highest BCUT2D eigenvalue weighted by atomic mass is 19.1. The summed E-state index contributed by atoms with van der Waals surface area (Å²) in [4.78, 5) is 10.9. The van der Waals surface area contributed by atoms with Crippen LogP contribution in [0.1, 0.15) is 11.6 Å². The molecule has 1 aromatic carbocycles. The van der Waals surface area contributed by atoms with Crippen LogP contribution >= 0.6 is 0 Å². The van der Waals surface area contributed by atoms with Gasteiger partial charge in [-0.3, -0.25) is 4.79 Å². The molecular weight excluding hydrogens is 192 g/mol. The van der Waals surface area contributed by atoms with Gasteiger partial charge in [0.2, 0.25) is 0 Å². The fraction of sp³-hybridized carbons (Fsp3) is 0.222. The second-order valence-electron chi connectivity index (χ2n) is 2.67. The highest BCUT2D eigenvalue weighted by molar-refractivity contribution is 5.77. The first-order valence-corrected chi connectivity index (χ1v) is 3.84. The van der Waals surface area contributed by atoms with E-state index < -0.39 is 23.6 Å². The third-order valence-electron chi connectivity index (χ3n) is 1.75. The quantitative estimate of drug-likeness (QED) is 0.730. The molecule has 14 heavy (non-hydrogen) atoms. The lowest BCUT2D eigenvalue weighted by Gasteiger charge is -2.09. The minimum atomic E-state index is -1.22. The van der Waals surface area contributed by atoms with Gasteiger partial charge in [-0.05, 0) is 6.07 Å². The molecule has 0 aliphatic rings. The maximum Gasteiger partial charge on any atom is 0.327 e. The Hall–Kier alpha value is -1.49. The van der Waals surface area contributed by atoms with E-state index in [-0.39, 0.29) is 5.56 Å². The van der Waals surface area contributed by atoms with E-state index in [1.165, 1.54) is 0 Å². The predicted octanol–water partition coefficient (Wildman–Crippen LogP) is 1.14. The molecule has 0 aliphatic heterocycles. The van der Waals surface area contributed by atoms with Gasteiger partial charge in [0.1, 0.15) is 17.7 Å². The number of halogens is 2. The van der Waals surface area contributed by atoms with Crippen LogP contribution in [0.15, 0.2) is 18.2 Å². The van der Waals surface area contributed by atoms with E-state index >= 15 is 0 Å². The zero-order valence-corrected chi connectivity index (χ0v) is 7.46. The van der Waals surface area contributed by atoms with Crippen molar-refractivity contribution < 1.29 is 18.3 Å². The Morgan fingerprint density at radius 3 is 2.64 bits per heavy atom. The molecule has 0 aliphatic carbocycles. The van der Waals surface area contributed by atoms with Gasteiger partial charge in [-0.2, -0.15) is 0 Å². The van der Waals surface area contributed by atoms with Crippen LogP contribution in [0.5, 0.6) is 0 Å². The molecule has 76 valence electrons. The molecule has 0 radical (unpaired) electrons. The van der Waals surface area contributed by atoms with Crippen LogP contribution in [0, 0.1) is 11.6 Å². The number of hydrogen-bond donors (Lipinski definition) is 1. The van der Waals surface area contributed by atoms with Gasteiger partial charge >= 0.3 is 5.97 Å². The number of carbonyl (C=O) groups excluding carboxylic acids is 1. The van der Waals surface area contributed by atoms with E-state index in [4.69, 9.17) is 5.73 Å². The first kappa shape index (κ1) is 10.6. The fourth-order valence-electron chi connectivity index (χ4n) is 1.01. The summed E-state index contributed by atoms with van der Waals surface area (Å²) < 4.78 is 29.9. The van der Waals surface area contributed by atoms with Crippen LogP contribution in [0.3, 0.4) is 0 Å². The van der Waals surface area contributed by atoms with Crippen LogP contribution in [-0.4, -0.2) is 13.1 Å². The second-order valence-corrected chi connectivity index (χ2v) is 2.67. The third-order valence-corrected chi connectivity index (χ3v) is 1.75. The monoisotopic (exact) mass is 201 g/mol. The van der Waals surface area contributed by atoms with Crippen molar-refractivity contribution in [1.82, 2.24) is 0 Å². The molecule has 2 N–H and O–H groups in total. The minimum absolute atomic E-state index is 0.0850. The summed E-state index contributed by atoms with van der Waals surface area (Å²) in [5.74, 6) is -2.35. The fourth-order valence-corrected chi connectivity index (χ4v) is 1.01. The van der Waals surface area contributed by atoms with Gasteiger partial charge in [-0.25, -0.2) is 8.78 Å². The molecule has 0 bridgehead atoms. The van der Waals surface area contributed by atoms with Crippen molar-refractivity contribution >= 4 is 5.97 Å². The van der Waals surface area contributed by atoms with Crippen molar-refractivity contribution in [2.45, 2.75) is 6.04 Å². The second kappa shape index (κ2) is 4.15. The van der Waals surface area contributed by atoms with Gasteiger partial charge in [0.25, 0.3) is 0 Å². The van der Waals surface area contributed by atoms with E-state index in [2.05, 4.69) is 4.74 Å². The summed E-state index contributed by atoms with van der Waals surface area (Å²) in [6, 6.07) is 1.59. The molecule has 3 nitrogen and oxygen atoms in total. The summed E-state index contributed by atoms with van der Waals surface area (Å²) in [6.45, 7) is 0. The number of ether oxygens (including phenoxy) is 1. The summed E-state index contributed by atoms with van der Waals surface area (Å²) in [5, 5.41) is 0. The van der Waals surface area contributed by atoms with Crippen molar-refractivity contribution in [3.8, 4) is 0 Å². The van der Waals surface area contributed by atoms with Crippen LogP contribution in [0.2, 0.25) is 0 Å². The minimum Gasteiger partial charge on any atom is -0.468 e. The van der Waals surface area contributed by atoms with Gasteiger partial charge in [0, 0.05) is 11.6 Å². The number of carbonyl (C=O) groups is 1. The molecule has 0 heterocycles. The molecule has 0 saturated carbocycles. The van der Waals surface area contributed by atoms with Gasteiger partial charge in [-0.1, -0.05) is 6.07 Å². The Morgan fingerprint density at radius 1 is 1.50 bits per heavy atom. The average molecular weight is 201 g/mol. The van der Waals surface area contributed by atoms with Crippen molar-refractivity contribution in [1.29, 1.82) is 0 Å². The van der Waals surface area contributed by atoms with Crippen LogP contribution in [-0.2, 0) is 9.53 Å². The standard InChI is InChI=1S/C9H9F2NO2/c1-14-9(13)8(12)6-3-2-5(10)4-7(6)11/h2-4,8H,12H2,1H3/t8-/m1/s1. The van der Waals surface area contributed by atoms with Gasteiger partial charge in [0.15, 0.2) is 0 Å². The van der Waals surface area contributed by atoms with Crippen molar-refractivity contribution in [3.63, 3.8) is 0 Å². The number of benzene rings is 1. The van der Waals surface area contributed by atoms with Crippen LogP contribution in [0.4, 0.5) is 8.78 Å². The summed E-state index contributed by atoms with van der Waals surface area (Å²) in [5.41, 5.74) is 5.28. The Kier molecular flexibility index (Phi) is 3.14. The zero-order chi connectivity index (χ0) is 10.7. The number of rotatable bonds is 2. The predicted molar refractivity (Wildman–Crippen MR) is 45.3 cm³/mol. The average Bonchev–Trinajstić information content (AvgIpc) is 2.15. The van der Waals surface area contributed by atoms with Gasteiger partial charge in [0.05, 0.1) is 7.11 Å². The molecule has 1 rings (SSSR count). The Balaban J connectivity index is 3.01. The first-order valence-electron chi connectivity index (χ1n) is 3.84. The van der Waals surface area contributed by atoms with E-state index in [0.29, 0.717) is 6.07 Å². The largest absolute Gasteiger partial charge is 0.468 e. The van der Waals surface area contributed by atoms with Gasteiger partial charge in [-0.15, -0.1) is 0 Å². The van der Waals surface area contributed by atoms with E-state index in [1.807, 2.05) is 0 Å².